The lowest BCUT2D eigenvalue weighted by atomic mass is 9.95. The first-order valence-electron chi connectivity index (χ1n) is 14.3. The minimum Gasteiger partial charge on any atom is -0.505 e. The van der Waals surface area contributed by atoms with Crippen LogP contribution in [0.15, 0.2) is 72.4 Å². The summed E-state index contributed by atoms with van der Waals surface area (Å²) in [4.78, 5) is 33.4. The van der Waals surface area contributed by atoms with E-state index in [1.165, 1.54) is 4.90 Å². The van der Waals surface area contributed by atoms with Crippen LogP contribution in [0.4, 0.5) is 0 Å². The summed E-state index contributed by atoms with van der Waals surface area (Å²) in [5.74, 6) is -0.135. The fourth-order valence-corrected chi connectivity index (χ4v) is 5.40. The quantitative estimate of drug-likeness (QED) is 0.143. The van der Waals surface area contributed by atoms with Crippen LogP contribution in [0, 0.1) is 19.8 Å². The van der Waals surface area contributed by atoms with Crippen LogP contribution in [0.3, 0.4) is 0 Å². The Kier molecular flexibility index (Phi) is 8.34. The molecule has 1 fully saturated rings. The Bertz CT molecular complexity index is 1650. The molecule has 1 amide bonds. The lowest BCUT2D eigenvalue weighted by Gasteiger charge is -2.26. The summed E-state index contributed by atoms with van der Waals surface area (Å²) in [5, 5.41) is 11.7. The molecule has 5 rings (SSSR count). The molecule has 8 heteroatoms. The van der Waals surface area contributed by atoms with Crippen LogP contribution in [0.5, 0.6) is 11.5 Å². The van der Waals surface area contributed by atoms with Gasteiger partial charge in [0.15, 0.2) is 17.3 Å². The third-order valence-electron chi connectivity index (χ3n) is 7.79. The van der Waals surface area contributed by atoms with Crippen molar-refractivity contribution in [2.45, 2.75) is 46.6 Å². The summed E-state index contributed by atoms with van der Waals surface area (Å²) in [6, 6.07) is 18.2. The Morgan fingerprint density at radius 3 is 2.48 bits per heavy atom. The van der Waals surface area contributed by atoms with Gasteiger partial charge in [-0.3, -0.25) is 9.59 Å². The lowest BCUT2D eigenvalue weighted by molar-refractivity contribution is -0.139. The third kappa shape index (κ3) is 5.49. The largest absolute Gasteiger partial charge is 0.505 e. The van der Waals surface area contributed by atoms with E-state index in [-0.39, 0.29) is 23.6 Å². The molecular formula is C34H37N3O5. The molecule has 8 nitrogen and oxygen atoms in total. The van der Waals surface area contributed by atoms with Gasteiger partial charge >= 0.3 is 0 Å². The van der Waals surface area contributed by atoms with Gasteiger partial charge in [0, 0.05) is 12.7 Å². The molecule has 1 aliphatic rings. The molecule has 0 bridgehead atoms. The van der Waals surface area contributed by atoms with E-state index in [2.05, 4.69) is 18.8 Å². The van der Waals surface area contributed by atoms with Crippen molar-refractivity contribution in [3.05, 3.63) is 101 Å². The predicted octanol–water partition coefficient (Wildman–Crippen LogP) is 6.05. The number of aliphatic hydroxyl groups excluding tert-OH is 1. The van der Waals surface area contributed by atoms with Gasteiger partial charge in [-0.2, -0.15) is 0 Å². The van der Waals surface area contributed by atoms with Gasteiger partial charge in [-0.25, -0.2) is 4.98 Å². The maximum absolute atomic E-state index is 13.6. The van der Waals surface area contributed by atoms with Crippen LogP contribution in [0.25, 0.3) is 11.4 Å². The molecule has 2 aromatic heterocycles. The number of amides is 1. The summed E-state index contributed by atoms with van der Waals surface area (Å²) in [7, 11) is 1.56. The van der Waals surface area contributed by atoms with Crippen molar-refractivity contribution in [3.8, 4) is 11.5 Å². The smallest absolute Gasteiger partial charge is 0.295 e. The molecule has 2 aromatic carbocycles. The Balaban J connectivity index is 1.61. The Morgan fingerprint density at radius 1 is 1.02 bits per heavy atom. The number of hydrogen-bond acceptors (Lipinski definition) is 6. The monoisotopic (exact) mass is 567 g/mol. The fraction of sp³-hybridized carbons (Fsp3) is 0.324. The van der Waals surface area contributed by atoms with E-state index in [9.17, 15) is 14.7 Å². The number of ether oxygens (including phenoxy) is 2. The van der Waals surface area contributed by atoms with Crippen molar-refractivity contribution in [1.82, 2.24) is 14.3 Å². The standard InChI is InChI=1S/C34H37N3O5/c1-21(2)16-19-42-26-14-13-25(20-27(26)41-5)30-28(31(38)29-23(4)36-17-9-10-22(3)33(36)35-29)32(39)34(40)37(30)18-15-24-11-7-6-8-12-24/h6-14,17,20-21,30,38H,15-16,18-19H2,1-5H3/b31-28+. The second-order valence-corrected chi connectivity index (χ2v) is 11.1. The molecular weight excluding hydrogens is 530 g/mol. The number of fused-ring (bicyclic) bond motifs is 1. The Morgan fingerprint density at radius 2 is 1.79 bits per heavy atom. The number of carbonyl (C=O) groups excluding carboxylic acids is 2. The summed E-state index contributed by atoms with van der Waals surface area (Å²) in [5.41, 5.74) is 4.23. The number of methoxy groups -OCH3 is 1. The maximum atomic E-state index is 13.6. The molecule has 1 N–H and O–H groups in total. The minimum atomic E-state index is -0.836. The molecule has 0 saturated carbocycles. The number of aliphatic hydroxyl groups is 1. The molecule has 0 spiro atoms. The van der Waals surface area contributed by atoms with Crippen LogP contribution in [-0.4, -0.2) is 51.3 Å². The van der Waals surface area contributed by atoms with E-state index in [1.807, 2.05) is 73.0 Å². The highest BCUT2D eigenvalue weighted by molar-refractivity contribution is 6.46. The van der Waals surface area contributed by atoms with Crippen molar-refractivity contribution < 1.29 is 24.2 Å². The fourth-order valence-electron chi connectivity index (χ4n) is 5.40. The van der Waals surface area contributed by atoms with E-state index < -0.39 is 17.7 Å². The van der Waals surface area contributed by atoms with Crippen LogP contribution >= 0.6 is 0 Å². The van der Waals surface area contributed by atoms with Gasteiger partial charge in [0.05, 0.1) is 31.0 Å². The molecule has 1 aliphatic heterocycles. The number of carbonyl (C=O) groups is 2. The van der Waals surface area contributed by atoms with Gasteiger partial charge in [-0.15, -0.1) is 0 Å². The van der Waals surface area contributed by atoms with Crippen molar-refractivity contribution in [2.75, 3.05) is 20.3 Å². The molecule has 0 radical (unpaired) electrons. The highest BCUT2D eigenvalue weighted by atomic mass is 16.5. The second kappa shape index (κ2) is 12.1. The minimum absolute atomic E-state index is 0.00718. The summed E-state index contributed by atoms with van der Waals surface area (Å²) < 4.78 is 13.5. The molecule has 3 heterocycles. The number of nitrogens with zero attached hydrogens (tertiary/aromatic N) is 3. The van der Waals surface area contributed by atoms with Gasteiger partial charge in [-0.1, -0.05) is 56.3 Å². The average Bonchev–Trinajstić information content (AvgIpc) is 3.46. The SMILES string of the molecule is COc1cc(C2/C(=C(\O)c3nc4c(C)cccn4c3C)C(=O)C(=O)N2CCc2ccccc2)ccc1OCCC(C)C. The molecule has 4 aromatic rings. The topological polar surface area (TPSA) is 93.4 Å². The molecule has 42 heavy (non-hydrogen) atoms. The van der Waals surface area contributed by atoms with Gasteiger partial charge in [0.25, 0.3) is 11.7 Å². The molecule has 1 saturated heterocycles. The first-order chi connectivity index (χ1) is 20.2. The van der Waals surface area contributed by atoms with Crippen LogP contribution in [0.2, 0.25) is 0 Å². The second-order valence-electron chi connectivity index (χ2n) is 11.1. The summed E-state index contributed by atoms with van der Waals surface area (Å²) in [6.45, 7) is 8.86. The van der Waals surface area contributed by atoms with E-state index in [0.717, 1.165) is 17.5 Å². The predicted molar refractivity (Wildman–Crippen MR) is 162 cm³/mol. The van der Waals surface area contributed by atoms with E-state index in [1.54, 1.807) is 19.2 Å². The van der Waals surface area contributed by atoms with Crippen molar-refractivity contribution in [1.29, 1.82) is 0 Å². The molecule has 1 unspecified atom stereocenters. The number of rotatable bonds is 10. The third-order valence-corrected chi connectivity index (χ3v) is 7.79. The van der Waals surface area contributed by atoms with Gasteiger partial charge < -0.3 is 23.9 Å². The summed E-state index contributed by atoms with van der Waals surface area (Å²) >= 11 is 0. The Hall–Kier alpha value is -4.59. The molecule has 1 atom stereocenters. The van der Waals surface area contributed by atoms with Crippen LogP contribution in [-0.2, 0) is 16.0 Å². The maximum Gasteiger partial charge on any atom is 0.295 e. The number of aryl methyl sites for hydroxylation is 2. The Labute approximate surface area is 246 Å². The van der Waals surface area contributed by atoms with Gasteiger partial charge in [-0.05, 0) is 67.5 Å². The van der Waals surface area contributed by atoms with Crippen LogP contribution in [0.1, 0.15) is 54.4 Å². The van der Waals surface area contributed by atoms with E-state index in [0.29, 0.717) is 47.3 Å². The zero-order chi connectivity index (χ0) is 30.0. The highest BCUT2D eigenvalue weighted by Gasteiger charge is 2.46. The first kappa shape index (κ1) is 28.9. The number of pyridine rings is 1. The van der Waals surface area contributed by atoms with Crippen molar-refractivity contribution in [3.63, 3.8) is 0 Å². The lowest BCUT2D eigenvalue weighted by Crippen LogP contribution is -2.31. The molecule has 218 valence electrons. The zero-order valence-electron chi connectivity index (χ0n) is 24.8. The van der Waals surface area contributed by atoms with Gasteiger partial charge in [0.2, 0.25) is 0 Å². The number of Topliss-reactive ketones (excluding diaryl/α,β-unsaturated/α-hetero) is 1. The van der Waals surface area contributed by atoms with E-state index in [4.69, 9.17) is 9.47 Å². The number of hydrogen-bond donors (Lipinski definition) is 1. The number of aromatic nitrogens is 2. The summed E-state index contributed by atoms with van der Waals surface area (Å²) in [6.07, 6.45) is 3.30. The first-order valence-corrected chi connectivity index (χ1v) is 14.3. The average molecular weight is 568 g/mol. The number of ketones is 1. The van der Waals surface area contributed by atoms with Crippen LogP contribution < -0.4 is 9.47 Å². The number of likely N-dealkylation sites (tertiary alicyclic amines) is 1. The van der Waals surface area contributed by atoms with E-state index >= 15 is 0 Å². The normalized spacial score (nSPS) is 16.5. The van der Waals surface area contributed by atoms with Crippen molar-refractivity contribution >= 4 is 23.1 Å². The van der Waals surface area contributed by atoms with Gasteiger partial charge in [0.1, 0.15) is 11.3 Å². The molecule has 0 aliphatic carbocycles. The van der Waals surface area contributed by atoms with Crippen molar-refractivity contribution in [2.24, 2.45) is 5.92 Å². The highest BCUT2D eigenvalue weighted by Crippen LogP contribution is 2.42. The zero-order valence-corrected chi connectivity index (χ0v) is 24.8. The number of benzene rings is 2. The number of imidazole rings is 1.